The van der Waals surface area contributed by atoms with E-state index in [1.165, 1.54) is 39.1 Å². The maximum absolute atomic E-state index is 9.58. The highest BCUT2D eigenvalue weighted by atomic mass is 16.3. The molecule has 2 atom stereocenters. The summed E-state index contributed by atoms with van der Waals surface area (Å²) in [5.41, 5.74) is 0. The first-order valence-corrected chi connectivity index (χ1v) is 6.94. The van der Waals surface area contributed by atoms with Gasteiger partial charge in [-0.2, -0.15) is 0 Å². The molecule has 1 N–H and O–H groups in total. The van der Waals surface area contributed by atoms with Crippen molar-refractivity contribution in [3.8, 4) is 0 Å². The van der Waals surface area contributed by atoms with Crippen LogP contribution in [0, 0.1) is 0 Å². The van der Waals surface area contributed by atoms with Gasteiger partial charge in [-0.05, 0) is 33.4 Å². The van der Waals surface area contributed by atoms with Crippen LogP contribution in [-0.2, 0) is 0 Å². The SMILES string of the molecule is CN(C)CCN1CCN(C2CCC(O)C2)CC1. The number of aliphatic hydroxyl groups excluding tert-OH is 1. The lowest BCUT2D eigenvalue weighted by Crippen LogP contribution is -2.50. The number of rotatable bonds is 4. The average Bonchev–Trinajstić information content (AvgIpc) is 2.74. The summed E-state index contributed by atoms with van der Waals surface area (Å²) in [5.74, 6) is 0. The zero-order chi connectivity index (χ0) is 12.3. The highest BCUT2D eigenvalue weighted by molar-refractivity contribution is 4.85. The third-order valence-electron chi connectivity index (χ3n) is 4.16. The minimum absolute atomic E-state index is 0.0354. The van der Waals surface area contributed by atoms with Gasteiger partial charge < -0.3 is 10.0 Å². The van der Waals surface area contributed by atoms with Crippen molar-refractivity contribution in [1.82, 2.24) is 14.7 Å². The quantitative estimate of drug-likeness (QED) is 0.755. The third kappa shape index (κ3) is 3.91. The summed E-state index contributed by atoms with van der Waals surface area (Å²) in [5, 5.41) is 9.58. The normalized spacial score (nSPS) is 32.5. The van der Waals surface area contributed by atoms with Gasteiger partial charge in [-0.25, -0.2) is 0 Å². The molecule has 4 nitrogen and oxygen atoms in total. The maximum atomic E-state index is 9.58. The standard InChI is InChI=1S/C13H27N3O/c1-14(2)5-6-15-7-9-16(10-8-15)12-3-4-13(17)11-12/h12-13,17H,3-11H2,1-2H3. The lowest BCUT2D eigenvalue weighted by molar-refractivity contribution is 0.0854. The first-order valence-electron chi connectivity index (χ1n) is 6.94. The predicted molar refractivity (Wildman–Crippen MR) is 70.2 cm³/mol. The summed E-state index contributed by atoms with van der Waals surface area (Å²) in [6.07, 6.45) is 3.16. The van der Waals surface area contributed by atoms with Crippen molar-refractivity contribution < 1.29 is 5.11 Å². The molecule has 2 unspecified atom stereocenters. The topological polar surface area (TPSA) is 30.0 Å². The molecule has 0 aromatic carbocycles. The van der Waals surface area contributed by atoms with E-state index in [0.717, 1.165) is 19.4 Å². The van der Waals surface area contributed by atoms with Gasteiger partial charge in [-0.15, -0.1) is 0 Å². The van der Waals surface area contributed by atoms with Gasteiger partial charge in [0, 0.05) is 45.3 Å². The second-order valence-corrected chi connectivity index (χ2v) is 5.80. The molecule has 0 aromatic rings. The van der Waals surface area contributed by atoms with Crippen LogP contribution in [0.4, 0.5) is 0 Å². The molecule has 2 fully saturated rings. The van der Waals surface area contributed by atoms with Gasteiger partial charge in [0.2, 0.25) is 0 Å². The third-order valence-corrected chi connectivity index (χ3v) is 4.16. The monoisotopic (exact) mass is 241 g/mol. The molecule has 0 spiro atoms. The van der Waals surface area contributed by atoms with Crippen LogP contribution in [-0.4, -0.2) is 85.3 Å². The number of likely N-dealkylation sites (N-methyl/N-ethyl adjacent to an activating group) is 1. The molecule has 0 bridgehead atoms. The molecule has 4 heteroatoms. The van der Waals surface area contributed by atoms with Crippen LogP contribution in [0.1, 0.15) is 19.3 Å². The zero-order valence-electron chi connectivity index (χ0n) is 11.3. The Bertz CT molecular complexity index is 227. The van der Waals surface area contributed by atoms with Crippen LogP contribution in [0.5, 0.6) is 0 Å². The summed E-state index contributed by atoms with van der Waals surface area (Å²) >= 11 is 0. The van der Waals surface area contributed by atoms with E-state index in [1.807, 2.05) is 0 Å². The summed E-state index contributed by atoms with van der Waals surface area (Å²) in [7, 11) is 4.27. The van der Waals surface area contributed by atoms with Crippen molar-refractivity contribution in [1.29, 1.82) is 0 Å². The van der Waals surface area contributed by atoms with Gasteiger partial charge in [0.1, 0.15) is 0 Å². The minimum atomic E-state index is -0.0354. The summed E-state index contributed by atoms with van der Waals surface area (Å²) in [6.45, 7) is 7.10. The molecule has 2 aliphatic rings. The number of nitrogens with zero attached hydrogens (tertiary/aromatic N) is 3. The van der Waals surface area contributed by atoms with E-state index in [1.54, 1.807) is 0 Å². The van der Waals surface area contributed by atoms with Crippen molar-refractivity contribution in [2.24, 2.45) is 0 Å². The molecule has 2 rings (SSSR count). The lowest BCUT2D eigenvalue weighted by Gasteiger charge is -2.38. The van der Waals surface area contributed by atoms with Crippen LogP contribution in [0.15, 0.2) is 0 Å². The molecule has 0 amide bonds. The molecule has 1 aliphatic heterocycles. The molecular weight excluding hydrogens is 214 g/mol. The van der Waals surface area contributed by atoms with Crippen molar-refractivity contribution in [2.45, 2.75) is 31.4 Å². The fourth-order valence-corrected chi connectivity index (χ4v) is 2.96. The van der Waals surface area contributed by atoms with Crippen LogP contribution in [0.3, 0.4) is 0 Å². The fraction of sp³-hybridized carbons (Fsp3) is 1.00. The molecule has 1 saturated heterocycles. The maximum Gasteiger partial charge on any atom is 0.0555 e. The summed E-state index contributed by atoms with van der Waals surface area (Å²) in [6, 6.07) is 0.654. The Kier molecular flexibility index (Phi) is 4.79. The van der Waals surface area contributed by atoms with Crippen molar-refractivity contribution in [3.63, 3.8) is 0 Å². The lowest BCUT2D eigenvalue weighted by atomic mass is 10.2. The van der Waals surface area contributed by atoms with Crippen LogP contribution >= 0.6 is 0 Å². The Morgan fingerprint density at radius 3 is 2.35 bits per heavy atom. The Labute approximate surface area is 105 Å². The molecule has 17 heavy (non-hydrogen) atoms. The zero-order valence-corrected chi connectivity index (χ0v) is 11.3. The van der Waals surface area contributed by atoms with E-state index in [-0.39, 0.29) is 6.10 Å². The fourth-order valence-electron chi connectivity index (χ4n) is 2.96. The highest BCUT2D eigenvalue weighted by Gasteiger charge is 2.29. The van der Waals surface area contributed by atoms with Crippen LogP contribution in [0.25, 0.3) is 0 Å². The Morgan fingerprint density at radius 1 is 1.12 bits per heavy atom. The molecule has 0 radical (unpaired) electrons. The van der Waals surface area contributed by atoms with Gasteiger partial charge >= 0.3 is 0 Å². The second-order valence-electron chi connectivity index (χ2n) is 5.80. The predicted octanol–water partition coefficient (Wildman–Crippen LogP) is 0.0790. The first kappa shape index (κ1) is 13.3. The Morgan fingerprint density at radius 2 is 1.82 bits per heavy atom. The van der Waals surface area contributed by atoms with E-state index in [2.05, 4.69) is 28.8 Å². The molecule has 1 saturated carbocycles. The number of aliphatic hydroxyl groups is 1. The minimum Gasteiger partial charge on any atom is -0.393 e. The van der Waals surface area contributed by atoms with E-state index in [0.29, 0.717) is 6.04 Å². The average molecular weight is 241 g/mol. The number of piperazine rings is 1. The Balaban J connectivity index is 1.67. The van der Waals surface area contributed by atoms with Crippen molar-refractivity contribution in [3.05, 3.63) is 0 Å². The molecule has 1 aliphatic carbocycles. The molecule has 1 heterocycles. The second kappa shape index (κ2) is 6.14. The summed E-state index contributed by atoms with van der Waals surface area (Å²) < 4.78 is 0. The van der Waals surface area contributed by atoms with E-state index in [4.69, 9.17) is 0 Å². The van der Waals surface area contributed by atoms with E-state index in [9.17, 15) is 5.11 Å². The molecular formula is C13H27N3O. The van der Waals surface area contributed by atoms with Gasteiger partial charge in [-0.1, -0.05) is 0 Å². The summed E-state index contributed by atoms with van der Waals surface area (Å²) in [4.78, 5) is 7.39. The molecule has 0 aromatic heterocycles. The van der Waals surface area contributed by atoms with Crippen LogP contribution in [0.2, 0.25) is 0 Å². The molecule has 100 valence electrons. The smallest absolute Gasteiger partial charge is 0.0555 e. The van der Waals surface area contributed by atoms with E-state index >= 15 is 0 Å². The van der Waals surface area contributed by atoms with E-state index < -0.39 is 0 Å². The van der Waals surface area contributed by atoms with Crippen LogP contribution < -0.4 is 0 Å². The van der Waals surface area contributed by atoms with Gasteiger partial charge in [0.15, 0.2) is 0 Å². The number of hydrogen-bond donors (Lipinski definition) is 1. The van der Waals surface area contributed by atoms with Crippen molar-refractivity contribution in [2.75, 3.05) is 53.4 Å². The van der Waals surface area contributed by atoms with Gasteiger partial charge in [0.05, 0.1) is 6.10 Å². The number of hydrogen-bond acceptors (Lipinski definition) is 4. The Hall–Kier alpha value is -0.160. The van der Waals surface area contributed by atoms with Gasteiger partial charge in [0.25, 0.3) is 0 Å². The van der Waals surface area contributed by atoms with Crippen molar-refractivity contribution >= 4 is 0 Å². The first-order chi connectivity index (χ1) is 8.15. The van der Waals surface area contributed by atoms with Gasteiger partial charge in [-0.3, -0.25) is 9.80 Å². The largest absolute Gasteiger partial charge is 0.393 e. The highest BCUT2D eigenvalue weighted by Crippen LogP contribution is 2.24.